The first-order valence-corrected chi connectivity index (χ1v) is 6.99. The van der Waals surface area contributed by atoms with Gasteiger partial charge in [-0.25, -0.2) is 4.39 Å². The monoisotopic (exact) mass is 227 g/mol. The Morgan fingerprint density at radius 3 is 2.93 bits per heavy atom. The highest BCUT2D eigenvalue weighted by atomic mass is 32.2. The van der Waals surface area contributed by atoms with Crippen LogP contribution in [0.3, 0.4) is 0 Å². The maximum atomic E-state index is 13.1. The smallest absolute Gasteiger partial charge is 0.223 e. The molecular formula is C12H16FOS+. The van der Waals surface area contributed by atoms with Crippen LogP contribution in [-0.4, -0.2) is 18.3 Å². The van der Waals surface area contributed by atoms with Crippen LogP contribution in [0.25, 0.3) is 0 Å². The average molecular weight is 227 g/mol. The molecule has 1 aliphatic rings. The van der Waals surface area contributed by atoms with Crippen molar-refractivity contribution in [1.29, 1.82) is 0 Å². The fourth-order valence-corrected chi connectivity index (χ4v) is 3.52. The summed E-state index contributed by atoms with van der Waals surface area (Å²) >= 11 is 0. The molecule has 0 radical (unpaired) electrons. The third-order valence-electron chi connectivity index (χ3n) is 2.70. The van der Waals surface area contributed by atoms with E-state index in [-0.39, 0.29) is 16.7 Å². The molecule has 2 unspecified atom stereocenters. The van der Waals surface area contributed by atoms with Crippen LogP contribution in [0.5, 0.6) is 0 Å². The number of hydrogen-bond donors (Lipinski definition) is 0. The van der Waals surface area contributed by atoms with E-state index in [2.05, 4.69) is 6.26 Å². The van der Waals surface area contributed by atoms with E-state index in [0.717, 1.165) is 24.3 Å². The van der Waals surface area contributed by atoms with Crippen molar-refractivity contribution in [3.8, 4) is 0 Å². The summed E-state index contributed by atoms with van der Waals surface area (Å²) in [4.78, 5) is 1.07. The number of benzene rings is 1. The Morgan fingerprint density at radius 2 is 2.27 bits per heavy atom. The average Bonchev–Trinajstić information content (AvgIpc) is 2.29. The van der Waals surface area contributed by atoms with Gasteiger partial charge in [0.25, 0.3) is 0 Å². The van der Waals surface area contributed by atoms with E-state index >= 15 is 0 Å². The summed E-state index contributed by atoms with van der Waals surface area (Å²) in [7, 11) is 0.00765. The maximum absolute atomic E-state index is 13.1. The Balaban J connectivity index is 2.08. The minimum atomic E-state index is -0.150. The molecule has 2 atom stereocenters. The van der Waals surface area contributed by atoms with Gasteiger partial charge in [-0.05, 0) is 25.0 Å². The Bertz CT molecular complexity index is 323. The second-order valence-electron chi connectivity index (χ2n) is 3.81. The summed E-state index contributed by atoms with van der Waals surface area (Å²) < 4.78 is 18.8. The molecule has 1 aliphatic heterocycles. The fraction of sp³-hybridized carbons (Fsp3) is 0.500. The van der Waals surface area contributed by atoms with E-state index in [1.165, 1.54) is 12.5 Å². The molecule has 0 aliphatic carbocycles. The van der Waals surface area contributed by atoms with Crippen LogP contribution in [0.4, 0.5) is 4.39 Å². The van der Waals surface area contributed by atoms with Crippen molar-refractivity contribution < 1.29 is 9.13 Å². The molecule has 1 aromatic carbocycles. The van der Waals surface area contributed by atoms with E-state index in [1.807, 2.05) is 6.07 Å². The van der Waals surface area contributed by atoms with Crippen LogP contribution in [0.15, 0.2) is 29.2 Å². The Kier molecular flexibility index (Phi) is 3.65. The number of ether oxygens (including phenoxy) is 1. The first-order chi connectivity index (χ1) is 7.27. The second kappa shape index (κ2) is 4.99. The largest absolute Gasteiger partial charge is 0.333 e. The van der Waals surface area contributed by atoms with Gasteiger partial charge in [-0.2, -0.15) is 0 Å². The molecule has 0 amide bonds. The van der Waals surface area contributed by atoms with Crippen molar-refractivity contribution in [1.82, 2.24) is 0 Å². The molecule has 82 valence electrons. The van der Waals surface area contributed by atoms with Gasteiger partial charge in [0.2, 0.25) is 5.44 Å². The molecule has 0 spiro atoms. The predicted octanol–water partition coefficient (Wildman–Crippen LogP) is 2.96. The second-order valence-corrected chi connectivity index (χ2v) is 5.92. The number of rotatable bonds is 2. The number of halogens is 1. The molecular weight excluding hydrogens is 211 g/mol. The zero-order valence-corrected chi connectivity index (χ0v) is 9.73. The van der Waals surface area contributed by atoms with Crippen molar-refractivity contribution >= 4 is 10.9 Å². The SMILES string of the molecule is C[S+](c1cccc(F)c1)C1CCCCO1. The quantitative estimate of drug-likeness (QED) is 0.706. The molecule has 1 nitrogen and oxygen atoms in total. The van der Waals surface area contributed by atoms with Gasteiger partial charge in [-0.15, -0.1) is 0 Å². The van der Waals surface area contributed by atoms with Gasteiger partial charge in [0.15, 0.2) is 4.90 Å². The lowest BCUT2D eigenvalue weighted by atomic mass is 10.2. The standard InChI is InChI=1S/C12H16FOS/c1-15(12-7-2-3-8-14-12)11-6-4-5-10(13)9-11/h4-6,9,12H,2-3,7-8H2,1H3/q+1. The predicted molar refractivity (Wildman–Crippen MR) is 61.5 cm³/mol. The lowest BCUT2D eigenvalue weighted by Crippen LogP contribution is -2.27. The third kappa shape index (κ3) is 2.73. The zero-order chi connectivity index (χ0) is 10.7. The molecule has 0 bridgehead atoms. The molecule has 2 rings (SSSR count). The van der Waals surface area contributed by atoms with E-state index < -0.39 is 0 Å². The third-order valence-corrected chi connectivity index (χ3v) is 4.86. The van der Waals surface area contributed by atoms with E-state index in [1.54, 1.807) is 12.1 Å². The highest BCUT2D eigenvalue weighted by Crippen LogP contribution is 2.25. The fourth-order valence-electron chi connectivity index (χ4n) is 1.81. The van der Waals surface area contributed by atoms with Crippen molar-refractivity contribution in [3.05, 3.63) is 30.1 Å². The molecule has 1 heterocycles. The molecule has 15 heavy (non-hydrogen) atoms. The van der Waals surface area contributed by atoms with Crippen LogP contribution in [0.1, 0.15) is 19.3 Å². The molecule has 0 N–H and O–H groups in total. The van der Waals surface area contributed by atoms with Crippen molar-refractivity contribution in [2.24, 2.45) is 0 Å². The minimum absolute atomic E-state index is 0.00765. The van der Waals surface area contributed by atoms with Crippen LogP contribution >= 0.6 is 0 Å². The summed E-state index contributed by atoms with van der Waals surface area (Å²) in [6.45, 7) is 0.858. The molecule has 1 fully saturated rings. The van der Waals surface area contributed by atoms with Crippen molar-refractivity contribution in [2.75, 3.05) is 12.9 Å². The summed E-state index contributed by atoms with van der Waals surface area (Å²) in [6.07, 6.45) is 5.65. The Morgan fingerprint density at radius 1 is 1.40 bits per heavy atom. The minimum Gasteiger partial charge on any atom is -0.333 e. The zero-order valence-electron chi connectivity index (χ0n) is 8.91. The van der Waals surface area contributed by atoms with Crippen LogP contribution in [0.2, 0.25) is 0 Å². The lowest BCUT2D eigenvalue weighted by Gasteiger charge is -2.20. The van der Waals surface area contributed by atoms with Gasteiger partial charge in [-0.3, -0.25) is 0 Å². The lowest BCUT2D eigenvalue weighted by molar-refractivity contribution is 0.0708. The van der Waals surface area contributed by atoms with Crippen LogP contribution < -0.4 is 0 Å². The van der Waals surface area contributed by atoms with E-state index in [9.17, 15) is 4.39 Å². The normalized spacial score (nSPS) is 23.7. The van der Waals surface area contributed by atoms with Gasteiger partial charge in [0.05, 0.1) is 17.5 Å². The molecule has 3 heteroatoms. The highest BCUT2D eigenvalue weighted by Gasteiger charge is 2.31. The maximum Gasteiger partial charge on any atom is 0.223 e. The van der Waals surface area contributed by atoms with Crippen molar-refractivity contribution in [2.45, 2.75) is 29.6 Å². The topological polar surface area (TPSA) is 9.23 Å². The summed E-state index contributed by atoms with van der Waals surface area (Å²) in [5.41, 5.74) is 0.292. The van der Waals surface area contributed by atoms with Gasteiger partial charge < -0.3 is 4.74 Å². The summed E-state index contributed by atoms with van der Waals surface area (Å²) in [6, 6.07) is 6.88. The van der Waals surface area contributed by atoms with Crippen LogP contribution in [-0.2, 0) is 15.6 Å². The van der Waals surface area contributed by atoms with Gasteiger partial charge >= 0.3 is 0 Å². The Labute approximate surface area is 93.0 Å². The van der Waals surface area contributed by atoms with Gasteiger partial charge in [-0.1, -0.05) is 6.07 Å². The van der Waals surface area contributed by atoms with Crippen LogP contribution in [0, 0.1) is 5.82 Å². The first kappa shape index (κ1) is 11.0. The van der Waals surface area contributed by atoms with Gasteiger partial charge in [0.1, 0.15) is 12.1 Å². The van der Waals surface area contributed by atoms with Crippen molar-refractivity contribution in [3.63, 3.8) is 0 Å². The first-order valence-electron chi connectivity index (χ1n) is 5.29. The number of hydrogen-bond acceptors (Lipinski definition) is 1. The molecule has 0 saturated carbocycles. The molecule has 1 saturated heterocycles. The molecule has 1 aromatic rings. The Hall–Kier alpha value is -0.540. The van der Waals surface area contributed by atoms with E-state index in [4.69, 9.17) is 4.74 Å². The molecule has 0 aromatic heterocycles. The summed E-state index contributed by atoms with van der Waals surface area (Å²) in [5.74, 6) is -0.150. The summed E-state index contributed by atoms with van der Waals surface area (Å²) in [5, 5.41) is 0. The van der Waals surface area contributed by atoms with Gasteiger partial charge in [0, 0.05) is 12.5 Å². The highest BCUT2D eigenvalue weighted by molar-refractivity contribution is 7.96. The van der Waals surface area contributed by atoms with E-state index in [0.29, 0.717) is 5.44 Å².